The van der Waals surface area contributed by atoms with Crippen molar-refractivity contribution in [3.8, 4) is 0 Å². The largest absolute Gasteiger partial charge is 0.462 e. The minimum Gasteiger partial charge on any atom is -0.462 e. The molecule has 2 unspecified atom stereocenters. The molecule has 0 saturated heterocycles. The smallest absolute Gasteiger partial charge is 0.341 e. The highest BCUT2D eigenvalue weighted by Gasteiger charge is 2.32. The molecule has 1 aromatic rings. The maximum Gasteiger partial charge on any atom is 0.341 e. The first-order valence-corrected chi connectivity index (χ1v) is 10.8. The van der Waals surface area contributed by atoms with E-state index in [0.29, 0.717) is 16.5 Å². The van der Waals surface area contributed by atoms with Crippen molar-refractivity contribution in [3.63, 3.8) is 0 Å². The lowest BCUT2D eigenvalue weighted by Crippen LogP contribution is -2.22. The van der Waals surface area contributed by atoms with Crippen molar-refractivity contribution in [1.29, 1.82) is 0 Å². The summed E-state index contributed by atoms with van der Waals surface area (Å²) in [6, 6.07) is 0. The van der Waals surface area contributed by atoms with E-state index in [-0.39, 0.29) is 24.1 Å². The highest BCUT2D eigenvalue weighted by Crippen LogP contribution is 2.41. The van der Waals surface area contributed by atoms with Gasteiger partial charge in [0.2, 0.25) is 5.91 Å². The Morgan fingerprint density at radius 2 is 2.15 bits per heavy atom. The first-order valence-electron chi connectivity index (χ1n) is 9.09. The van der Waals surface area contributed by atoms with E-state index < -0.39 is 17.1 Å². The van der Waals surface area contributed by atoms with Crippen LogP contribution >= 0.6 is 23.1 Å². The molecule has 3 N–H and O–H groups in total. The van der Waals surface area contributed by atoms with Gasteiger partial charge in [-0.05, 0) is 37.7 Å². The van der Waals surface area contributed by atoms with Crippen LogP contribution in [0.2, 0.25) is 0 Å². The topological polar surface area (TPSA) is 111 Å². The Kier molecular flexibility index (Phi) is 6.21. The van der Waals surface area contributed by atoms with Gasteiger partial charge in [0.1, 0.15) is 10.3 Å². The summed E-state index contributed by atoms with van der Waals surface area (Å²) in [5.74, 6) is -0.530. The van der Waals surface area contributed by atoms with E-state index in [1.165, 1.54) is 11.3 Å². The highest BCUT2D eigenvalue weighted by atomic mass is 32.2. The standard InChI is InChI=1S/C18H23N3O4S2/c1-3-9-5-6-10-11(7-9)26-16(14(10)17(24)25-4-2)20-13(22)8-12-15(23)21-18(19)27-12/h9,12H,3-8H2,1-2H3,(H,20,22)(H2,19,21,23). The van der Waals surface area contributed by atoms with Crippen LogP contribution in [-0.2, 0) is 27.2 Å². The Labute approximate surface area is 166 Å². The summed E-state index contributed by atoms with van der Waals surface area (Å²) in [5, 5.41) is 2.92. The molecule has 1 aliphatic heterocycles. The number of nitrogens with two attached hydrogens (primary N) is 1. The Morgan fingerprint density at radius 1 is 1.37 bits per heavy atom. The first kappa shape index (κ1) is 19.9. The van der Waals surface area contributed by atoms with Gasteiger partial charge in [0.25, 0.3) is 5.91 Å². The van der Waals surface area contributed by atoms with E-state index in [9.17, 15) is 14.4 Å². The molecular weight excluding hydrogens is 386 g/mol. The average molecular weight is 410 g/mol. The van der Waals surface area contributed by atoms with Gasteiger partial charge in [0, 0.05) is 11.3 Å². The van der Waals surface area contributed by atoms with Crippen molar-refractivity contribution in [3.05, 3.63) is 16.0 Å². The van der Waals surface area contributed by atoms with Gasteiger partial charge in [-0.1, -0.05) is 25.1 Å². The molecule has 0 bridgehead atoms. The van der Waals surface area contributed by atoms with Gasteiger partial charge >= 0.3 is 5.97 Å². The molecule has 146 valence electrons. The number of aliphatic imine (C=N–C) groups is 1. The summed E-state index contributed by atoms with van der Waals surface area (Å²) in [7, 11) is 0. The zero-order valence-electron chi connectivity index (χ0n) is 15.4. The molecule has 2 amide bonds. The minimum absolute atomic E-state index is 0.0316. The Hall–Kier alpha value is -1.87. The van der Waals surface area contributed by atoms with Crippen molar-refractivity contribution in [2.24, 2.45) is 16.6 Å². The number of esters is 1. The molecular formula is C18H23N3O4S2. The molecule has 1 aliphatic carbocycles. The lowest BCUT2D eigenvalue weighted by molar-refractivity contribution is -0.121. The number of rotatable bonds is 6. The van der Waals surface area contributed by atoms with E-state index in [4.69, 9.17) is 10.5 Å². The third-order valence-corrected chi connectivity index (χ3v) is 6.96. The average Bonchev–Trinajstić information content (AvgIpc) is 3.12. The molecule has 3 rings (SSSR count). The maximum atomic E-state index is 12.5. The van der Waals surface area contributed by atoms with Crippen molar-refractivity contribution < 1.29 is 19.1 Å². The minimum atomic E-state index is -0.602. The second-order valence-corrected chi connectivity index (χ2v) is 8.92. The van der Waals surface area contributed by atoms with Crippen LogP contribution in [0.3, 0.4) is 0 Å². The summed E-state index contributed by atoms with van der Waals surface area (Å²) in [6.07, 6.45) is 3.83. The number of carbonyl (C=O) groups excluding carboxylic acids is 3. The number of carbonyl (C=O) groups is 3. The Morgan fingerprint density at radius 3 is 2.78 bits per heavy atom. The number of anilines is 1. The predicted molar refractivity (Wildman–Crippen MR) is 107 cm³/mol. The fourth-order valence-electron chi connectivity index (χ4n) is 3.39. The van der Waals surface area contributed by atoms with Gasteiger partial charge in [-0.2, -0.15) is 4.99 Å². The summed E-state index contributed by atoms with van der Waals surface area (Å²) >= 11 is 2.54. The summed E-state index contributed by atoms with van der Waals surface area (Å²) in [5.41, 5.74) is 7.01. The molecule has 0 radical (unpaired) electrons. The fraction of sp³-hybridized carbons (Fsp3) is 0.556. The number of thioether (sulfide) groups is 1. The highest BCUT2D eigenvalue weighted by molar-refractivity contribution is 8.15. The second-order valence-electron chi connectivity index (χ2n) is 6.59. The molecule has 0 fully saturated rings. The number of thiophene rings is 1. The van der Waals surface area contributed by atoms with E-state index in [1.807, 2.05) is 0 Å². The molecule has 0 spiro atoms. The number of fused-ring (bicyclic) bond motifs is 1. The van der Waals surface area contributed by atoms with Crippen LogP contribution in [0.25, 0.3) is 0 Å². The molecule has 0 aromatic carbocycles. The fourth-order valence-corrected chi connectivity index (χ4v) is 5.58. The van der Waals surface area contributed by atoms with Crippen molar-refractivity contribution in [1.82, 2.24) is 0 Å². The maximum absolute atomic E-state index is 12.5. The molecule has 2 heterocycles. The number of hydrogen-bond donors (Lipinski definition) is 2. The first-order chi connectivity index (χ1) is 12.9. The van der Waals surface area contributed by atoms with Crippen LogP contribution in [-0.4, -0.2) is 34.8 Å². The van der Waals surface area contributed by atoms with Gasteiger partial charge in [0.05, 0.1) is 12.2 Å². The quantitative estimate of drug-likeness (QED) is 0.699. The summed E-state index contributed by atoms with van der Waals surface area (Å²) in [4.78, 5) is 41.5. The number of ether oxygens (including phenoxy) is 1. The van der Waals surface area contributed by atoms with Gasteiger partial charge in [-0.25, -0.2) is 4.79 Å². The molecule has 9 heteroatoms. The van der Waals surface area contributed by atoms with Gasteiger partial charge in [0.15, 0.2) is 5.17 Å². The monoisotopic (exact) mass is 409 g/mol. The van der Waals surface area contributed by atoms with E-state index >= 15 is 0 Å². The van der Waals surface area contributed by atoms with E-state index in [2.05, 4.69) is 17.2 Å². The number of hydrogen-bond acceptors (Lipinski definition) is 7. The lowest BCUT2D eigenvalue weighted by Gasteiger charge is -2.20. The number of nitrogens with one attached hydrogen (secondary N) is 1. The molecule has 1 aromatic heterocycles. The number of amidine groups is 1. The third kappa shape index (κ3) is 4.35. The number of nitrogens with zero attached hydrogens (tertiary/aromatic N) is 1. The Balaban J connectivity index is 1.79. The van der Waals surface area contributed by atoms with Crippen LogP contribution in [0.4, 0.5) is 5.00 Å². The van der Waals surface area contributed by atoms with E-state index in [1.54, 1.807) is 6.92 Å². The molecule has 2 atom stereocenters. The van der Waals surface area contributed by atoms with Crippen molar-refractivity contribution in [2.75, 3.05) is 11.9 Å². The van der Waals surface area contributed by atoms with Crippen LogP contribution in [0, 0.1) is 5.92 Å². The zero-order chi connectivity index (χ0) is 19.6. The molecule has 2 aliphatic rings. The Bertz CT molecular complexity index is 803. The molecule has 7 nitrogen and oxygen atoms in total. The normalized spacial score (nSPS) is 21.6. The second kappa shape index (κ2) is 8.43. The number of amides is 2. The summed E-state index contributed by atoms with van der Waals surface area (Å²) < 4.78 is 5.22. The van der Waals surface area contributed by atoms with Crippen LogP contribution in [0.5, 0.6) is 0 Å². The van der Waals surface area contributed by atoms with Crippen LogP contribution < -0.4 is 11.1 Å². The zero-order valence-corrected chi connectivity index (χ0v) is 17.0. The van der Waals surface area contributed by atoms with Crippen LogP contribution in [0.15, 0.2) is 4.99 Å². The third-order valence-electron chi connectivity index (χ3n) is 4.81. The predicted octanol–water partition coefficient (Wildman–Crippen LogP) is 2.73. The van der Waals surface area contributed by atoms with Gasteiger partial charge < -0.3 is 15.8 Å². The molecule has 0 saturated carbocycles. The SMILES string of the molecule is CCOC(=O)c1c(NC(=O)CC2SC(N)=NC2=O)sc2c1CCC(CC)C2. The van der Waals surface area contributed by atoms with Gasteiger partial charge in [-0.3, -0.25) is 9.59 Å². The van der Waals surface area contributed by atoms with Gasteiger partial charge in [-0.15, -0.1) is 11.3 Å². The van der Waals surface area contributed by atoms with Crippen molar-refractivity contribution in [2.45, 2.75) is 51.2 Å². The molecule has 27 heavy (non-hydrogen) atoms. The van der Waals surface area contributed by atoms with Crippen molar-refractivity contribution >= 4 is 51.1 Å². The lowest BCUT2D eigenvalue weighted by atomic mass is 9.85. The summed E-state index contributed by atoms with van der Waals surface area (Å²) in [6.45, 7) is 4.20. The van der Waals surface area contributed by atoms with E-state index in [0.717, 1.165) is 47.9 Å². The van der Waals surface area contributed by atoms with Crippen LogP contribution in [0.1, 0.15) is 53.9 Å².